The molecule has 2 N–H and O–H groups in total. The van der Waals surface area contributed by atoms with Gasteiger partial charge in [0.05, 0.1) is 16.9 Å². The third-order valence-electron chi connectivity index (χ3n) is 4.47. The summed E-state index contributed by atoms with van der Waals surface area (Å²) in [4.78, 5) is 14.4. The minimum absolute atomic E-state index is 0.169. The predicted octanol–water partition coefficient (Wildman–Crippen LogP) is 2.27. The van der Waals surface area contributed by atoms with Gasteiger partial charge >= 0.3 is 6.03 Å². The normalized spacial score (nSPS) is 14.7. The zero-order valence-electron chi connectivity index (χ0n) is 15.4. The summed E-state index contributed by atoms with van der Waals surface area (Å²) < 4.78 is 31.0. The lowest BCUT2D eigenvalue weighted by Gasteiger charge is -2.27. The van der Waals surface area contributed by atoms with Crippen LogP contribution in [0.25, 0.3) is 0 Å². The summed E-state index contributed by atoms with van der Waals surface area (Å²) in [5, 5.41) is 6.03. The van der Waals surface area contributed by atoms with Gasteiger partial charge in [0.1, 0.15) is 5.75 Å². The summed E-state index contributed by atoms with van der Waals surface area (Å²) >= 11 is 0. The minimum Gasteiger partial charge on any atom is -0.497 e. The maximum Gasteiger partial charge on any atom is 0.321 e. The molecule has 3 rings (SSSR count). The maximum atomic E-state index is 12.9. The van der Waals surface area contributed by atoms with E-state index < -0.39 is 9.84 Å². The molecule has 2 aromatic rings. The van der Waals surface area contributed by atoms with Crippen molar-refractivity contribution in [3.05, 3.63) is 48.0 Å². The summed E-state index contributed by atoms with van der Waals surface area (Å²) in [5.41, 5.74) is 1.14. The molecule has 0 atom stereocenters. The highest BCUT2D eigenvalue weighted by molar-refractivity contribution is 7.91. The SMILES string of the molecule is COc1cccc(S(=O)(=O)c2ccc(NC(=O)N3CCNCC3)cc2C)c1. The van der Waals surface area contributed by atoms with Crippen molar-refractivity contribution < 1.29 is 17.9 Å². The third kappa shape index (κ3) is 4.23. The number of amides is 2. The van der Waals surface area contributed by atoms with Crippen molar-refractivity contribution in [1.82, 2.24) is 10.2 Å². The molecule has 0 aliphatic carbocycles. The van der Waals surface area contributed by atoms with Crippen LogP contribution in [0.4, 0.5) is 10.5 Å². The van der Waals surface area contributed by atoms with Crippen LogP contribution in [0.5, 0.6) is 5.75 Å². The number of hydrogen-bond donors (Lipinski definition) is 2. The first-order valence-electron chi connectivity index (χ1n) is 8.68. The maximum absolute atomic E-state index is 12.9. The predicted molar refractivity (Wildman–Crippen MR) is 103 cm³/mol. The molecule has 0 aromatic heterocycles. The van der Waals surface area contributed by atoms with E-state index in [-0.39, 0.29) is 15.8 Å². The number of hydrogen-bond acceptors (Lipinski definition) is 5. The number of aryl methyl sites for hydroxylation is 1. The van der Waals surface area contributed by atoms with Crippen molar-refractivity contribution in [2.75, 3.05) is 38.6 Å². The van der Waals surface area contributed by atoms with Crippen LogP contribution in [-0.2, 0) is 9.84 Å². The molecule has 144 valence electrons. The van der Waals surface area contributed by atoms with Gasteiger partial charge in [-0.25, -0.2) is 13.2 Å². The highest BCUT2D eigenvalue weighted by Crippen LogP contribution is 2.28. The molecule has 8 heteroatoms. The monoisotopic (exact) mass is 389 g/mol. The van der Waals surface area contributed by atoms with E-state index in [9.17, 15) is 13.2 Å². The first-order valence-corrected chi connectivity index (χ1v) is 10.2. The van der Waals surface area contributed by atoms with E-state index in [1.54, 1.807) is 36.1 Å². The molecule has 2 aromatic carbocycles. The number of benzene rings is 2. The first kappa shape index (κ1) is 19.2. The highest BCUT2D eigenvalue weighted by Gasteiger charge is 2.21. The average molecular weight is 389 g/mol. The van der Waals surface area contributed by atoms with Crippen LogP contribution in [0.3, 0.4) is 0 Å². The molecule has 0 bridgehead atoms. The van der Waals surface area contributed by atoms with Crippen LogP contribution in [-0.4, -0.2) is 52.6 Å². The number of carbonyl (C=O) groups excluding carboxylic acids is 1. The van der Waals surface area contributed by atoms with Crippen molar-refractivity contribution in [1.29, 1.82) is 0 Å². The summed E-state index contributed by atoms with van der Waals surface area (Å²) in [6.45, 7) is 4.54. The van der Waals surface area contributed by atoms with Crippen LogP contribution < -0.4 is 15.4 Å². The van der Waals surface area contributed by atoms with E-state index in [0.717, 1.165) is 13.1 Å². The fourth-order valence-corrected chi connectivity index (χ4v) is 4.51. The van der Waals surface area contributed by atoms with Crippen LogP contribution in [0.1, 0.15) is 5.56 Å². The first-order chi connectivity index (χ1) is 12.9. The van der Waals surface area contributed by atoms with Gasteiger partial charge in [0.15, 0.2) is 0 Å². The Labute approximate surface area is 159 Å². The molecule has 0 saturated carbocycles. The van der Waals surface area contributed by atoms with Crippen LogP contribution in [0.15, 0.2) is 52.3 Å². The Hall–Kier alpha value is -2.58. The average Bonchev–Trinajstić information content (AvgIpc) is 2.68. The number of nitrogens with one attached hydrogen (secondary N) is 2. The topological polar surface area (TPSA) is 87.7 Å². The molecule has 1 heterocycles. The van der Waals surface area contributed by atoms with Gasteiger partial charge in [0.2, 0.25) is 9.84 Å². The molecular weight excluding hydrogens is 366 g/mol. The number of nitrogens with zero attached hydrogens (tertiary/aromatic N) is 1. The van der Waals surface area contributed by atoms with Crippen LogP contribution >= 0.6 is 0 Å². The van der Waals surface area contributed by atoms with Gasteiger partial charge in [-0.2, -0.15) is 0 Å². The molecule has 1 aliphatic rings. The zero-order chi connectivity index (χ0) is 19.4. The van der Waals surface area contributed by atoms with Crippen LogP contribution in [0.2, 0.25) is 0 Å². The Kier molecular flexibility index (Phi) is 5.67. The van der Waals surface area contributed by atoms with E-state index in [4.69, 9.17) is 4.74 Å². The number of carbonyl (C=O) groups is 1. The Bertz CT molecular complexity index is 938. The van der Waals surface area contributed by atoms with E-state index in [1.165, 1.54) is 25.3 Å². The Morgan fingerprint density at radius 3 is 2.56 bits per heavy atom. The van der Waals surface area contributed by atoms with E-state index in [2.05, 4.69) is 10.6 Å². The molecule has 1 fully saturated rings. The Morgan fingerprint density at radius 1 is 1.15 bits per heavy atom. The van der Waals surface area contributed by atoms with Gasteiger partial charge in [-0.3, -0.25) is 0 Å². The lowest BCUT2D eigenvalue weighted by molar-refractivity contribution is 0.204. The number of sulfone groups is 1. The summed E-state index contributed by atoms with van der Waals surface area (Å²) in [6.07, 6.45) is 0. The number of ether oxygens (including phenoxy) is 1. The van der Waals surface area contributed by atoms with Crippen molar-refractivity contribution in [2.45, 2.75) is 16.7 Å². The summed E-state index contributed by atoms with van der Waals surface area (Å²) in [6, 6.07) is 11.0. The van der Waals surface area contributed by atoms with E-state index >= 15 is 0 Å². The molecule has 27 heavy (non-hydrogen) atoms. The van der Waals surface area contributed by atoms with Gasteiger partial charge < -0.3 is 20.3 Å². The fraction of sp³-hybridized carbons (Fsp3) is 0.316. The van der Waals surface area contributed by atoms with Gasteiger partial charge in [-0.1, -0.05) is 6.07 Å². The highest BCUT2D eigenvalue weighted by atomic mass is 32.2. The zero-order valence-corrected chi connectivity index (χ0v) is 16.2. The second-order valence-corrected chi connectivity index (χ2v) is 8.25. The number of methoxy groups -OCH3 is 1. The van der Waals surface area contributed by atoms with Crippen molar-refractivity contribution >= 4 is 21.6 Å². The fourth-order valence-electron chi connectivity index (χ4n) is 2.99. The standard InChI is InChI=1S/C19H23N3O4S/c1-14-12-15(21-19(23)22-10-8-20-9-11-22)6-7-18(14)27(24,25)17-5-3-4-16(13-17)26-2/h3-7,12-13,20H,8-11H2,1-2H3,(H,21,23). The van der Waals surface area contributed by atoms with Gasteiger partial charge in [-0.05, 0) is 48.9 Å². The van der Waals surface area contributed by atoms with Gasteiger partial charge in [-0.15, -0.1) is 0 Å². The molecule has 2 amide bonds. The summed E-state index contributed by atoms with van der Waals surface area (Å²) in [5.74, 6) is 0.480. The molecular formula is C19H23N3O4S. The number of piperazine rings is 1. The van der Waals surface area contributed by atoms with E-state index in [0.29, 0.717) is 30.1 Å². The molecule has 1 aliphatic heterocycles. The lowest BCUT2D eigenvalue weighted by atomic mass is 10.2. The Balaban J connectivity index is 1.82. The van der Waals surface area contributed by atoms with E-state index in [1.807, 2.05) is 0 Å². The van der Waals surface area contributed by atoms with Crippen molar-refractivity contribution in [2.24, 2.45) is 0 Å². The summed E-state index contributed by atoms with van der Waals surface area (Å²) in [7, 11) is -2.19. The smallest absolute Gasteiger partial charge is 0.321 e. The largest absolute Gasteiger partial charge is 0.497 e. The lowest BCUT2D eigenvalue weighted by Crippen LogP contribution is -2.48. The molecule has 0 unspecified atom stereocenters. The second-order valence-electron chi connectivity index (χ2n) is 6.33. The third-order valence-corrected chi connectivity index (χ3v) is 6.38. The number of anilines is 1. The van der Waals surface area contributed by atoms with Gasteiger partial charge in [0, 0.05) is 31.9 Å². The van der Waals surface area contributed by atoms with Gasteiger partial charge in [0.25, 0.3) is 0 Å². The molecule has 0 radical (unpaired) electrons. The van der Waals surface area contributed by atoms with Crippen LogP contribution in [0, 0.1) is 6.92 Å². The number of rotatable bonds is 4. The Morgan fingerprint density at radius 2 is 1.89 bits per heavy atom. The van der Waals surface area contributed by atoms with Crippen molar-refractivity contribution in [3.63, 3.8) is 0 Å². The molecule has 7 nitrogen and oxygen atoms in total. The van der Waals surface area contributed by atoms with Crippen molar-refractivity contribution in [3.8, 4) is 5.75 Å². The molecule has 1 saturated heterocycles. The second kappa shape index (κ2) is 7.98. The number of urea groups is 1. The minimum atomic E-state index is -3.68. The quantitative estimate of drug-likeness (QED) is 0.838. The molecule has 0 spiro atoms.